The molecule has 0 radical (unpaired) electrons. The molecule has 0 fully saturated rings. The summed E-state index contributed by atoms with van der Waals surface area (Å²) >= 11 is 3.23. The Balaban J connectivity index is 2.02. The van der Waals surface area contributed by atoms with E-state index in [1.807, 2.05) is 0 Å². The third-order valence-electron chi connectivity index (χ3n) is 1.81. The Hall–Kier alpha value is -0.130. The fourth-order valence-corrected chi connectivity index (χ4v) is 2.41. The van der Waals surface area contributed by atoms with Crippen LogP contribution in [0.3, 0.4) is 0 Å². The standard InChI is InChI=1S/C8H15N3S2/c1-2-7(9)4-3-5-12-8-10-6-11-13-8/h6-7H,2-5,9H2,1H3. The summed E-state index contributed by atoms with van der Waals surface area (Å²) in [4.78, 5) is 4.09. The molecule has 0 aliphatic rings. The van der Waals surface area contributed by atoms with E-state index in [0.29, 0.717) is 6.04 Å². The van der Waals surface area contributed by atoms with Gasteiger partial charge in [0.15, 0.2) is 4.34 Å². The first-order valence-corrected chi connectivity index (χ1v) is 6.24. The van der Waals surface area contributed by atoms with Crippen LogP contribution in [0.5, 0.6) is 0 Å². The summed E-state index contributed by atoms with van der Waals surface area (Å²) in [6.07, 6.45) is 4.95. The smallest absolute Gasteiger partial charge is 0.169 e. The average Bonchev–Trinajstić information content (AvgIpc) is 2.64. The predicted molar refractivity (Wildman–Crippen MR) is 58.1 cm³/mol. The first-order valence-electron chi connectivity index (χ1n) is 4.48. The number of hydrogen-bond acceptors (Lipinski definition) is 5. The topological polar surface area (TPSA) is 51.8 Å². The van der Waals surface area contributed by atoms with Gasteiger partial charge in [-0.3, -0.25) is 0 Å². The fraction of sp³-hybridized carbons (Fsp3) is 0.750. The molecule has 0 aromatic carbocycles. The second-order valence-electron chi connectivity index (χ2n) is 2.87. The van der Waals surface area contributed by atoms with Gasteiger partial charge < -0.3 is 5.73 Å². The molecule has 1 aromatic heterocycles. The minimum atomic E-state index is 0.370. The van der Waals surface area contributed by atoms with E-state index < -0.39 is 0 Å². The van der Waals surface area contributed by atoms with Gasteiger partial charge in [0, 0.05) is 11.8 Å². The highest BCUT2D eigenvalue weighted by molar-refractivity contribution is 8.00. The molecule has 0 aliphatic heterocycles. The van der Waals surface area contributed by atoms with Gasteiger partial charge in [-0.25, -0.2) is 4.98 Å². The molecular weight excluding hydrogens is 202 g/mol. The van der Waals surface area contributed by atoms with Gasteiger partial charge in [0.25, 0.3) is 0 Å². The highest BCUT2D eigenvalue weighted by atomic mass is 32.2. The second-order valence-corrected chi connectivity index (χ2v) is 4.99. The zero-order valence-corrected chi connectivity index (χ0v) is 9.40. The number of nitrogens with two attached hydrogens (primary N) is 1. The van der Waals surface area contributed by atoms with Crippen LogP contribution < -0.4 is 5.73 Å². The minimum Gasteiger partial charge on any atom is -0.328 e. The van der Waals surface area contributed by atoms with E-state index in [4.69, 9.17) is 5.73 Å². The van der Waals surface area contributed by atoms with Crippen LogP contribution in [0.25, 0.3) is 0 Å². The van der Waals surface area contributed by atoms with Gasteiger partial charge in [0.2, 0.25) is 0 Å². The maximum Gasteiger partial charge on any atom is 0.169 e. The van der Waals surface area contributed by atoms with Gasteiger partial charge in [-0.1, -0.05) is 18.7 Å². The lowest BCUT2D eigenvalue weighted by atomic mass is 10.1. The number of hydrogen-bond donors (Lipinski definition) is 1. The first kappa shape index (κ1) is 10.9. The van der Waals surface area contributed by atoms with Crippen LogP contribution in [0.15, 0.2) is 10.7 Å². The van der Waals surface area contributed by atoms with E-state index in [1.54, 1.807) is 18.1 Å². The Kier molecular flexibility index (Phi) is 5.34. The predicted octanol–water partition coefficient (Wildman–Crippen LogP) is 2.15. The monoisotopic (exact) mass is 217 g/mol. The summed E-state index contributed by atoms with van der Waals surface area (Å²) in [7, 11) is 0. The fourth-order valence-electron chi connectivity index (χ4n) is 0.936. The molecule has 0 saturated carbocycles. The van der Waals surface area contributed by atoms with Crippen LogP contribution in [0, 0.1) is 0 Å². The summed E-state index contributed by atoms with van der Waals surface area (Å²) in [5.74, 6) is 1.10. The maximum absolute atomic E-state index is 5.80. The number of nitrogens with zero attached hydrogens (tertiary/aromatic N) is 2. The van der Waals surface area contributed by atoms with Gasteiger partial charge in [-0.05, 0) is 30.8 Å². The molecule has 1 unspecified atom stereocenters. The molecule has 0 bridgehead atoms. The van der Waals surface area contributed by atoms with Crippen LogP contribution in [0.1, 0.15) is 26.2 Å². The van der Waals surface area contributed by atoms with Crippen molar-refractivity contribution in [3.05, 3.63) is 6.33 Å². The van der Waals surface area contributed by atoms with Crippen molar-refractivity contribution in [3.8, 4) is 0 Å². The normalized spacial score (nSPS) is 13.1. The summed E-state index contributed by atoms with van der Waals surface area (Å²) in [5.41, 5.74) is 5.80. The molecule has 0 aliphatic carbocycles. The average molecular weight is 217 g/mol. The zero-order chi connectivity index (χ0) is 9.52. The number of thioether (sulfide) groups is 1. The Morgan fingerprint density at radius 3 is 3.15 bits per heavy atom. The summed E-state index contributed by atoms with van der Waals surface area (Å²) in [6.45, 7) is 2.13. The highest BCUT2D eigenvalue weighted by Gasteiger charge is 2.00. The molecule has 2 N–H and O–H groups in total. The molecule has 13 heavy (non-hydrogen) atoms. The van der Waals surface area contributed by atoms with Gasteiger partial charge >= 0.3 is 0 Å². The Morgan fingerprint density at radius 2 is 2.54 bits per heavy atom. The number of aromatic nitrogens is 2. The second kappa shape index (κ2) is 6.34. The Morgan fingerprint density at radius 1 is 1.69 bits per heavy atom. The van der Waals surface area contributed by atoms with Gasteiger partial charge in [0.1, 0.15) is 6.33 Å². The van der Waals surface area contributed by atoms with Crippen LogP contribution >= 0.6 is 23.3 Å². The van der Waals surface area contributed by atoms with Crippen molar-refractivity contribution >= 4 is 23.3 Å². The maximum atomic E-state index is 5.80. The molecule has 0 amide bonds. The molecule has 1 heterocycles. The SMILES string of the molecule is CCC(N)CCCSc1ncns1. The van der Waals surface area contributed by atoms with Gasteiger partial charge in [-0.15, -0.1) is 0 Å². The Bertz CT molecular complexity index is 213. The third-order valence-corrected chi connectivity index (χ3v) is 3.69. The van der Waals surface area contributed by atoms with Crippen molar-refractivity contribution in [2.24, 2.45) is 5.73 Å². The van der Waals surface area contributed by atoms with E-state index in [0.717, 1.165) is 22.9 Å². The summed E-state index contributed by atoms with van der Waals surface area (Å²) in [6, 6.07) is 0.370. The number of rotatable bonds is 6. The minimum absolute atomic E-state index is 0.370. The van der Waals surface area contributed by atoms with E-state index in [9.17, 15) is 0 Å². The lowest BCUT2D eigenvalue weighted by molar-refractivity contribution is 0.589. The van der Waals surface area contributed by atoms with Crippen molar-refractivity contribution in [1.82, 2.24) is 9.36 Å². The van der Waals surface area contributed by atoms with Crippen molar-refractivity contribution in [1.29, 1.82) is 0 Å². The molecule has 1 aromatic rings. The van der Waals surface area contributed by atoms with Crippen molar-refractivity contribution in [2.45, 2.75) is 36.6 Å². The molecule has 74 valence electrons. The molecule has 0 saturated heterocycles. The molecule has 0 spiro atoms. The lowest BCUT2D eigenvalue weighted by Gasteiger charge is -2.06. The Labute approximate surface area is 87.3 Å². The quantitative estimate of drug-likeness (QED) is 0.586. The van der Waals surface area contributed by atoms with Crippen LogP contribution in [-0.4, -0.2) is 21.2 Å². The highest BCUT2D eigenvalue weighted by Crippen LogP contribution is 2.19. The molecule has 1 rings (SSSR count). The van der Waals surface area contributed by atoms with Gasteiger partial charge in [-0.2, -0.15) is 4.37 Å². The molecular formula is C8H15N3S2. The van der Waals surface area contributed by atoms with E-state index >= 15 is 0 Å². The molecule has 5 heteroatoms. The van der Waals surface area contributed by atoms with E-state index in [-0.39, 0.29) is 0 Å². The van der Waals surface area contributed by atoms with Crippen molar-refractivity contribution in [2.75, 3.05) is 5.75 Å². The van der Waals surface area contributed by atoms with E-state index in [2.05, 4.69) is 16.3 Å². The summed E-state index contributed by atoms with van der Waals surface area (Å²) < 4.78 is 5.00. The van der Waals surface area contributed by atoms with Crippen LogP contribution in [-0.2, 0) is 0 Å². The third kappa shape index (κ3) is 4.59. The van der Waals surface area contributed by atoms with Crippen LogP contribution in [0.4, 0.5) is 0 Å². The largest absolute Gasteiger partial charge is 0.328 e. The summed E-state index contributed by atoms with van der Waals surface area (Å²) in [5, 5.41) is 0. The van der Waals surface area contributed by atoms with Crippen molar-refractivity contribution in [3.63, 3.8) is 0 Å². The molecule has 3 nitrogen and oxygen atoms in total. The molecule has 1 atom stereocenters. The lowest BCUT2D eigenvalue weighted by Crippen LogP contribution is -2.18. The van der Waals surface area contributed by atoms with Gasteiger partial charge in [0.05, 0.1) is 0 Å². The van der Waals surface area contributed by atoms with Crippen molar-refractivity contribution < 1.29 is 0 Å². The zero-order valence-electron chi connectivity index (χ0n) is 7.77. The van der Waals surface area contributed by atoms with E-state index in [1.165, 1.54) is 18.0 Å². The first-order chi connectivity index (χ1) is 6.33. The van der Waals surface area contributed by atoms with Crippen LogP contribution in [0.2, 0.25) is 0 Å².